The van der Waals surface area contributed by atoms with Gasteiger partial charge in [0.2, 0.25) is 0 Å². The molecule has 0 radical (unpaired) electrons. The smallest absolute Gasteiger partial charge is 0.254 e. The molecule has 4 heteroatoms. The Morgan fingerprint density at radius 2 is 2.33 bits per heavy atom. The molecule has 15 heavy (non-hydrogen) atoms. The van der Waals surface area contributed by atoms with E-state index in [1.165, 1.54) is 0 Å². The van der Waals surface area contributed by atoms with Gasteiger partial charge < -0.3 is 16.0 Å². The molecule has 1 atom stereocenters. The van der Waals surface area contributed by atoms with Crippen LogP contribution in [0.4, 0.5) is 5.69 Å². The maximum atomic E-state index is 11.7. The molecule has 1 amide bonds. The van der Waals surface area contributed by atoms with Crippen LogP contribution in [-0.4, -0.2) is 19.1 Å². The van der Waals surface area contributed by atoms with Crippen molar-refractivity contribution in [2.45, 2.75) is 12.5 Å². The summed E-state index contributed by atoms with van der Waals surface area (Å²) in [5, 5.41) is 2.86. The lowest BCUT2D eigenvalue weighted by Gasteiger charge is -2.38. The third-order valence-corrected chi connectivity index (χ3v) is 3.17. The average molecular weight is 203 g/mol. The second-order valence-corrected chi connectivity index (χ2v) is 4.07. The molecule has 0 saturated heterocycles. The lowest BCUT2D eigenvalue weighted by Crippen LogP contribution is -2.47. The number of nitrogens with one attached hydrogen (secondary N) is 1. The summed E-state index contributed by atoms with van der Waals surface area (Å²) in [5.74, 6) is 0.0113. The third-order valence-electron chi connectivity index (χ3n) is 3.17. The van der Waals surface area contributed by atoms with Crippen LogP contribution in [0.5, 0.6) is 0 Å². The monoisotopic (exact) mass is 203 g/mol. The molecule has 2 aliphatic rings. The van der Waals surface area contributed by atoms with E-state index in [9.17, 15) is 4.79 Å². The first-order chi connectivity index (χ1) is 7.27. The van der Waals surface area contributed by atoms with E-state index in [2.05, 4.69) is 10.2 Å². The number of anilines is 1. The van der Waals surface area contributed by atoms with Gasteiger partial charge in [0, 0.05) is 12.6 Å². The van der Waals surface area contributed by atoms with E-state index in [0.717, 1.165) is 29.8 Å². The van der Waals surface area contributed by atoms with Crippen molar-refractivity contribution < 1.29 is 4.79 Å². The number of rotatable bonds is 0. The topological polar surface area (TPSA) is 58.4 Å². The fourth-order valence-electron chi connectivity index (χ4n) is 2.38. The van der Waals surface area contributed by atoms with Gasteiger partial charge in [0.1, 0.15) is 0 Å². The van der Waals surface area contributed by atoms with Crippen molar-refractivity contribution in [3.05, 3.63) is 29.3 Å². The van der Waals surface area contributed by atoms with Crippen molar-refractivity contribution in [3.8, 4) is 0 Å². The van der Waals surface area contributed by atoms with Gasteiger partial charge in [-0.3, -0.25) is 4.79 Å². The van der Waals surface area contributed by atoms with Gasteiger partial charge in [-0.05, 0) is 18.1 Å². The van der Waals surface area contributed by atoms with Crippen molar-refractivity contribution in [2.24, 2.45) is 5.73 Å². The number of benzene rings is 1. The van der Waals surface area contributed by atoms with Crippen molar-refractivity contribution in [1.82, 2.24) is 5.32 Å². The maximum absolute atomic E-state index is 11.7. The molecule has 0 bridgehead atoms. The number of nitrogens with zero attached hydrogens (tertiary/aromatic N) is 1. The summed E-state index contributed by atoms with van der Waals surface area (Å²) in [6, 6.07) is 5.86. The lowest BCUT2D eigenvalue weighted by atomic mass is 9.93. The maximum Gasteiger partial charge on any atom is 0.254 e. The molecule has 0 fully saturated rings. The Morgan fingerprint density at radius 3 is 3.20 bits per heavy atom. The molecular formula is C11H13N3O. The molecule has 78 valence electrons. The van der Waals surface area contributed by atoms with Crippen molar-refractivity contribution in [2.75, 3.05) is 18.1 Å². The van der Waals surface area contributed by atoms with E-state index in [4.69, 9.17) is 5.73 Å². The number of carbonyl (C=O) groups is 1. The highest BCUT2D eigenvalue weighted by Crippen LogP contribution is 2.36. The normalized spacial score (nSPS) is 23.4. The molecule has 2 heterocycles. The molecule has 1 aromatic rings. The van der Waals surface area contributed by atoms with Crippen LogP contribution >= 0.6 is 0 Å². The fraction of sp³-hybridized carbons (Fsp3) is 0.364. The number of hydrogen-bond donors (Lipinski definition) is 2. The van der Waals surface area contributed by atoms with Crippen LogP contribution < -0.4 is 16.0 Å². The second kappa shape index (κ2) is 2.97. The van der Waals surface area contributed by atoms with Crippen LogP contribution in [0.1, 0.15) is 28.4 Å². The van der Waals surface area contributed by atoms with E-state index in [1.54, 1.807) is 0 Å². The summed E-state index contributed by atoms with van der Waals surface area (Å²) in [6.07, 6.45) is 0.951. The Kier molecular flexibility index (Phi) is 1.73. The Hall–Kier alpha value is -1.55. The summed E-state index contributed by atoms with van der Waals surface area (Å²) in [6.45, 7) is 1.53. The van der Waals surface area contributed by atoms with Crippen LogP contribution in [0.25, 0.3) is 0 Å². The largest absolute Gasteiger partial charge is 0.353 e. The summed E-state index contributed by atoms with van der Waals surface area (Å²) in [5.41, 5.74) is 8.95. The van der Waals surface area contributed by atoms with Gasteiger partial charge in [0.15, 0.2) is 0 Å². The molecular weight excluding hydrogens is 190 g/mol. The van der Waals surface area contributed by atoms with Gasteiger partial charge in [0.25, 0.3) is 5.91 Å². The third kappa shape index (κ3) is 1.15. The minimum absolute atomic E-state index is 0.0113. The zero-order valence-corrected chi connectivity index (χ0v) is 8.36. The first-order valence-electron chi connectivity index (χ1n) is 5.19. The van der Waals surface area contributed by atoms with Gasteiger partial charge in [-0.2, -0.15) is 0 Å². The van der Waals surface area contributed by atoms with E-state index in [0.29, 0.717) is 6.67 Å². The first-order valence-corrected chi connectivity index (χ1v) is 5.19. The van der Waals surface area contributed by atoms with Crippen molar-refractivity contribution in [3.63, 3.8) is 0 Å². The van der Waals surface area contributed by atoms with Gasteiger partial charge in [-0.15, -0.1) is 0 Å². The average Bonchev–Trinajstić information content (AvgIpc) is 2.27. The van der Waals surface area contributed by atoms with E-state index < -0.39 is 0 Å². The molecule has 4 nitrogen and oxygen atoms in total. The molecule has 1 aromatic carbocycles. The number of nitrogens with two attached hydrogens (primary N) is 1. The van der Waals surface area contributed by atoms with Crippen LogP contribution in [0.3, 0.4) is 0 Å². The van der Waals surface area contributed by atoms with Crippen LogP contribution in [-0.2, 0) is 0 Å². The summed E-state index contributed by atoms with van der Waals surface area (Å²) in [7, 11) is 0. The SMILES string of the molecule is N[C@H]1CCN2CNC(=O)c3cccc1c32. The number of carbonyl (C=O) groups excluding carboxylic acids is 1. The zero-order chi connectivity index (χ0) is 10.4. The summed E-state index contributed by atoms with van der Waals surface area (Å²) in [4.78, 5) is 13.8. The number of amides is 1. The summed E-state index contributed by atoms with van der Waals surface area (Å²) < 4.78 is 0. The second-order valence-electron chi connectivity index (χ2n) is 4.07. The molecule has 0 unspecified atom stereocenters. The quantitative estimate of drug-likeness (QED) is 0.649. The lowest BCUT2D eigenvalue weighted by molar-refractivity contribution is 0.0946. The van der Waals surface area contributed by atoms with Gasteiger partial charge in [-0.1, -0.05) is 12.1 Å². The van der Waals surface area contributed by atoms with Gasteiger partial charge >= 0.3 is 0 Å². The molecule has 0 aromatic heterocycles. The molecule has 3 N–H and O–H groups in total. The standard InChI is InChI=1S/C11H13N3O/c12-9-4-5-14-6-13-11(15)8-3-1-2-7(9)10(8)14/h1-3,9H,4-6,12H2,(H,13,15)/t9-/m0/s1. The highest BCUT2D eigenvalue weighted by Gasteiger charge is 2.30. The van der Waals surface area contributed by atoms with Crippen LogP contribution in [0.2, 0.25) is 0 Å². The van der Waals surface area contributed by atoms with Gasteiger partial charge in [0.05, 0.1) is 17.9 Å². The van der Waals surface area contributed by atoms with Crippen LogP contribution in [0, 0.1) is 0 Å². The van der Waals surface area contributed by atoms with E-state index in [1.807, 2.05) is 18.2 Å². The molecule has 0 aliphatic carbocycles. The first kappa shape index (κ1) is 8.73. The van der Waals surface area contributed by atoms with Crippen molar-refractivity contribution >= 4 is 11.6 Å². The highest BCUT2D eigenvalue weighted by molar-refractivity contribution is 6.02. The number of hydrogen-bond acceptors (Lipinski definition) is 3. The van der Waals surface area contributed by atoms with E-state index in [-0.39, 0.29) is 11.9 Å². The molecule has 2 aliphatic heterocycles. The van der Waals surface area contributed by atoms with Crippen molar-refractivity contribution in [1.29, 1.82) is 0 Å². The predicted octanol–water partition coefficient (Wildman–Crippen LogP) is 0.597. The Bertz CT molecular complexity index is 430. The molecule has 0 spiro atoms. The Balaban J connectivity index is 2.24. The number of para-hydroxylation sites is 1. The Morgan fingerprint density at radius 1 is 1.47 bits per heavy atom. The van der Waals surface area contributed by atoms with Gasteiger partial charge in [-0.25, -0.2) is 0 Å². The minimum atomic E-state index is 0.0113. The van der Waals surface area contributed by atoms with Crippen LogP contribution in [0.15, 0.2) is 18.2 Å². The highest BCUT2D eigenvalue weighted by atomic mass is 16.2. The van der Waals surface area contributed by atoms with E-state index >= 15 is 0 Å². The predicted molar refractivity (Wildman–Crippen MR) is 57.7 cm³/mol. The molecule has 0 saturated carbocycles. The minimum Gasteiger partial charge on any atom is -0.353 e. The fourth-order valence-corrected chi connectivity index (χ4v) is 2.38. The Labute approximate surface area is 88.1 Å². The zero-order valence-electron chi connectivity index (χ0n) is 8.36. The molecule has 3 rings (SSSR count). The summed E-state index contributed by atoms with van der Waals surface area (Å²) >= 11 is 0.